The van der Waals surface area contributed by atoms with Gasteiger partial charge in [0.25, 0.3) is 0 Å². The number of hydrogen-bond donors (Lipinski definition) is 0. The molecular weight excluding hydrogens is 905 g/mol. The second-order valence-corrected chi connectivity index (χ2v) is 19.0. The van der Waals surface area contributed by atoms with E-state index < -0.39 is 0 Å². The summed E-state index contributed by atoms with van der Waals surface area (Å²) in [7, 11) is 0. The van der Waals surface area contributed by atoms with Gasteiger partial charge in [0.1, 0.15) is 96.8 Å². The predicted octanol–water partition coefficient (Wildman–Crippen LogP) is 13.5. The van der Waals surface area contributed by atoms with Crippen LogP contribution in [0.15, 0.2) is 170 Å². The highest BCUT2D eigenvalue weighted by atomic mass is 16.6. The Balaban J connectivity index is 0.804. The largest absolute Gasteiger partial charge is 0.491 e. The third-order valence-corrected chi connectivity index (χ3v) is 13.7. The molecule has 4 aliphatic rings. The second-order valence-electron chi connectivity index (χ2n) is 19.0. The highest BCUT2D eigenvalue weighted by molar-refractivity contribution is 6.07. The second kappa shape index (κ2) is 18.1. The summed E-state index contributed by atoms with van der Waals surface area (Å²) >= 11 is 0. The van der Waals surface area contributed by atoms with Crippen molar-refractivity contribution >= 4 is 53.9 Å². The number of rotatable bonds is 18. The van der Waals surface area contributed by atoms with E-state index in [9.17, 15) is 0 Å². The van der Waals surface area contributed by atoms with Crippen LogP contribution in [-0.4, -0.2) is 77.3 Å². The lowest BCUT2D eigenvalue weighted by atomic mass is 9.91. The van der Waals surface area contributed by atoms with Gasteiger partial charge in [-0.2, -0.15) is 0 Å². The van der Waals surface area contributed by atoms with Crippen LogP contribution in [0.3, 0.4) is 0 Å². The van der Waals surface area contributed by atoms with E-state index in [4.69, 9.17) is 47.4 Å². The molecule has 4 atom stereocenters. The van der Waals surface area contributed by atoms with Crippen LogP contribution < -0.4 is 28.4 Å². The van der Waals surface area contributed by atoms with Crippen LogP contribution in [0.1, 0.15) is 0 Å². The number of hydrogen-bond acceptors (Lipinski definition) is 10. The van der Waals surface area contributed by atoms with Gasteiger partial charge in [0.05, 0.1) is 26.4 Å². The first kappa shape index (κ1) is 43.0. The van der Waals surface area contributed by atoms with E-state index in [1.54, 1.807) is 0 Å². The average Bonchev–Trinajstić information content (AvgIpc) is 4.17. The molecule has 4 saturated heterocycles. The summed E-state index contributed by atoms with van der Waals surface area (Å²) in [6, 6.07) is 58.5. The van der Waals surface area contributed by atoms with Crippen molar-refractivity contribution in [3.8, 4) is 68.2 Å². The Kier molecular flexibility index (Phi) is 10.8. The molecule has 4 heterocycles. The normalized spacial score (nSPS) is 18.6. The van der Waals surface area contributed by atoms with Crippen molar-refractivity contribution in [1.82, 2.24) is 0 Å². The van der Waals surface area contributed by atoms with Gasteiger partial charge >= 0.3 is 0 Å². The summed E-state index contributed by atoms with van der Waals surface area (Å²) in [6.07, 6.45) is 0.545. The Bertz CT molecular complexity index is 3720. The van der Waals surface area contributed by atoms with Crippen LogP contribution in [0, 0.1) is 0 Å². The molecule has 0 aliphatic carbocycles. The first-order valence-corrected chi connectivity index (χ1v) is 24.6. The van der Waals surface area contributed by atoms with Crippen molar-refractivity contribution in [1.29, 1.82) is 0 Å². The zero-order valence-corrected chi connectivity index (χ0v) is 39.2. The quantitative estimate of drug-likeness (QED) is 0.0772. The van der Waals surface area contributed by atoms with Gasteiger partial charge in [0.2, 0.25) is 0 Å². The number of epoxide rings is 4. The van der Waals surface area contributed by atoms with Gasteiger partial charge in [-0.15, -0.1) is 0 Å². The molecule has 4 aliphatic heterocycles. The molecule has 0 saturated carbocycles. The Hall–Kier alpha value is -7.86. The maximum Gasteiger partial charge on any atom is 0.128 e. The lowest BCUT2D eigenvalue weighted by molar-refractivity contribution is 0.263. The van der Waals surface area contributed by atoms with Crippen molar-refractivity contribution in [3.05, 3.63) is 170 Å². The van der Waals surface area contributed by atoms with Crippen LogP contribution in [0.2, 0.25) is 0 Å². The average molecular weight is 953 g/mol. The minimum Gasteiger partial charge on any atom is -0.491 e. The zero-order valence-electron chi connectivity index (χ0n) is 39.2. The highest BCUT2D eigenvalue weighted by Gasteiger charge is 2.27. The van der Waals surface area contributed by atoms with Gasteiger partial charge in [-0.3, -0.25) is 0 Å². The SMILES string of the molecule is c1cc2ccc(Oc3ccc4ccc(Oc5ccc6ccc(OCC7CO7)c(-c7ccc8ccc(OCC9CO9)c(-c9ccc%10ccc(OCC%11CO%11)cc%10c9)c8c7)c6c5)cc4c3)cc2cc1OCC1CO1. The molecule has 0 bridgehead atoms. The van der Waals surface area contributed by atoms with E-state index in [1.807, 2.05) is 54.6 Å². The molecule has 10 aromatic rings. The van der Waals surface area contributed by atoms with Crippen molar-refractivity contribution in [2.75, 3.05) is 52.9 Å². The maximum absolute atomic E-state index is 6.71. The molecule has 356 valence electrons. The first-order valence-electron chi connectivity index (χ1n) is 24.6. The van der Waals surface area contributed by atoms with Crippen LogP contribution in [-0.2, 0) is 18.9 Å². The topological polar surface area (TPSA) is 106 Å². The van der Waals surface area contributed by atoms with Crippen molar-refractivity contribution in [2.24, 2.45) is 0 Å². The summed E-state index contributed by atoms with van der Waals surface area (Å²) in [5.74, 6) is 6.08. The van der Waals surface area contributed by atoms with Crippen molar-refractivity contribution < 1.29 is 47.4 Å². The summed E-state index contributed by atoms with van der Waals surface area (Å²) in [5.41, 5.74) is 4.02. The first-order chi connectivity index (χ1) is 35.5. The standard InChI is InChI=1S/C62H48O10/c1-3-42(21-44-22-47(13-5-37(1)44)63-29-53-31-65-53)61-57-27-43(4-2-40(57)11-19-59(61)69-35-55-33-67-55)62-58-28-52(18-10-41(58)12-20-60(62)70-36-56-34-68-56)72-51-17-9-39-8-16-50(25-46(39)26-51)71-49-15-7-38-6-14-48(23-45(38)24-49)64-30-54-32-66-54/h1-28,53-56H,29-36H2. The van der Waals surface area contributed by atoms with E-state index in [0.29, 0.717) is 51.1 Å². The molecule has 72 heavy (non-hydrogen) atoms. The van der Waals surface area contributed by atoms with Crippen LogP contribution in [0.25, 0.3) is 76.1 Å². The number of benzene rings is 10. The number of ether oxygens (including phenoxy) is 10. The summed E-state index contributed by atoms with van der Waals surface area (Å²) in [4.78, 5) is 0. The smallest absolute Gasteiger partial charge is 0.128 e. The van der Waals surface area contributed by atoms with E-state index in [1.165, 1.54) is 0 Å². The predicted molar refractivity (Wildman–Crippen MR) is 279 cm³/mol. The van der Waals surface area contributed by atoms with E-state index in [0.717, 1.165) is 124 Å². The molecular formula is C62H48O10. The highest BCUT2D eigenvalue weighted by Crippen LogP contribution is 2.45. The van der Waals surface area contributed by atoms with Gasteiger partial charge in [-0.05, 0) is 162 Å². The fourth-order valence-corrected chi connectivity index (χ4v) is 9.46. The van der Waals surface area contributed by atoms with Crippen molar-refractivity contribution in [3.63, 3.8) is 0 Å². The molecule has 14 rings (SSSR count). The fraction of sp³-hybridized carbons (Fsp3) is 0.194. The van der Waals surface area contributed by atoms with Gasteiger partial charge in [0, 0.05) is 11.1 Å². The van der Waals surface area contributed by atoms with E-state index in [2.05, 4.69) is 115 Å². The minimum absolute atomic E-state index is 0.0784. The Morgan fingerprint density at radius 1 is 0.292 bits per heavy atom. The maximum atomic E-state index is 6.71. The number of fused-ring (bicyclic) bond motifs is 5. The molecule has 0 spiro atoms. The third kappa shape index (κ3) is 9.29. The summed E-state index contributed by atoms with van der Waals surface area (Å²) in [5, 5.41) is 10.6. The van der Waals surface area contributed by atoms with Gasteiger partial charge < -0.3 is 47.4 Å². The van der Waals surface area contributed by atoms with Gasteiger partial charge in [-0.25, -0.2) is 0 Å². The molecule has 4 fully saturated rings. The van der Waals surface area contributed by atoms with Gasteiger partial charge in [0.15, 0.2) is 0 Å². The Morgan fingerprint density at radius 2 is 0.611 bits per heavy atom. The van der Waals surface area contributed by atoms with Crippen molar-refractivity contribution in [2.45, 2.75) is 24.4 Å². The zero-order chi connectivity index (χ0) is 47.5. The fourth-order valence-electron chi connectivity index (χ4n) is 9.46. The molecule has 10 nitrogen and oxygen atoms in total. The molecule has 0 N–H and O–H groups in total. The lowest BCUT2D eigenvalue weighted by Gasteiger charge is -2.18. The Labute approximate surface area is 415 Å². The molecule has 0 aromatic heterocycles. The molecule has 10 aromatic carbocycles. The minimum atomic E-state index is 0.0784. The lowest BCUT2D eigenvalue weighted by Crippen LogP contribution is -2.05. The van der Waals surface area contributed by atoms with Crippen LogP contribution in [0.4, 0.5) is 0 Å². The molecule has 0 radical (unpaired) electrons. The summed E-state index contributed by atoms with van der Waals surface area (Å²) < 4.78 is 60.3. The molecule has 4 unspecified atom stereocenters. The Morgan fingerprint density at radius 3 is 1.07 bits per heavy atom. The van der Waals surface area contributed by atoms with Crippen LogP contribution in [0.5, 0.6) is 46.0 Å². The third-order valence-electron chi connectivity index (χ3n) is 13.7. The molecule has 0 amide bonds. The van der Waals surface area contributed by atoms with Crippen LogP contribution >= 0.6 is 0 Å². The van der Waals surface area contributed by atoms with Gasteiger partial charge in [-0.1, -0.05) is 72.8 Å². The van der Waals surface area contributed by atoms with E-state index in [-0.39, 0.29) is 24.4 Å². The monoisotopic (exact) mass is 952 g/mol. The summed E-state index contributed by atoms with van der Waals surface area (Å²) in [6.45, 7) is 4.95. The van der Waals surface area contributed by atoms with E-state index >= 15 is 0 Å². The molecule has 10 heteroatoms.